The topological polar surface area (TPSA) is 179 Å². The predicted octanol–water partition coefficient (Wildman–Crippen LogP) is -1.03. The molecular weight excluding hydrogens is 524 g/mol. The summed E-state index contributed by atoms with van der Waals surface area (Å²) in [5, 5.41) is 32.0. The van der Waals surface area contributed by atoms with Crippen LogP contribution in [-0.4, -0.2) is 143 Å². The van der Waals surface area contributed by atoms with Gasteiger partial charge in [-0.2, -0.15) is 0 Å². The van der Waals surface area contributed by atoms with Crippen molar-refractivity contribution in [2.45, 2.75) is 77.4 Å². The first-order valence-electron chi connectivity index (χ1n) is 13.8. The zero-order valence-corrected chi connectivity index (χ0v) is 24.2. The highest BCUT2D eigenvalue weighted by Gasteiger charge is 2.31. The molecule has 13 nitrogen and oxygen atoms in total. The van der Waals surface area contributed by atoms with Gasteiger partial charge < -0.3 is 39.4 Å². The molecule has 3 atom stereocenters. The standard InChI is InChI=1S/C27H46N4O9/c1-19(32)5-8-22(25(35)36)29-13-11-28(4)12-14-30(23(26(37)38)9-6-20(2)33)16-18-31(17-15-29)24(27(39)40)10-7-21(3)34/h22-24H,5-18H2,1-4H3,(H,35,36)(H,37,38)(H,39,40)/p-1. The van der Waals surface area contributed by atoms with Gasteiger partial charge in [-0.25, -0.2) is 0 Å². The van der Waals surface area contributed by atoms with Gasteiger partial charge in [0.15, 0.2) is 0 Å². The van der Waals surface area contributed by atoms with Gasteiger partial charge in [0.1, 0.15) is 29.4 Å². The van der Waals surface area contributed by atoms with E-state index in [1.54, 1.807) is 14.7 Å². The van der Waals surface area contributed by atoms with Gasteiger partial charge in [-0.15, -0.1) is 0 Å². The number of carboxylic acids is 3. The van der Waals surface area contributed by atoms with E-state index in [1.165, 1.54) is 20.8 Å². The summed E-state index contributed by atoms with van der Waals surface area (Å²) in [6.45, 7) is 6.35. The lowest BCUT2D eigenvalue weighted by atomic mass is 10.1. The van der Waals surface area contributed by atoms with Crippen molar-refractivity contribution in [3.8, 4) is 0 Å². The van der Waals surface area contributed by atoms with Gasteiger partial charge in [-0.05, 0) is 47.1 Å². The molecule has 13 heteroatoms. The second-order valence-electron chi connectivity index (χ2n) is 10.7. The molecule has 0 bridgehead atoms. The highest BCUT2D eigenvalue weighted by atomic mass is 16.4. The van der Waals surface area contributed by atoms with Crippen LogP contribution in [0.5, 0.6) is 0 Å². The summed E-state index contributed by atoms with van der Waals surface area (Å²) in [4.78, 5) is 78.3. The number of carbonyl (C=O) groups is 6. The van der Waals surface area contributed by atoms with Crippen LogP contribution in [-0.2, 0) is 28.8 Å². The fourth-order valence-corrected chi connectivity index (χ4v) is 4.89. The Labute approximate surface area is 236 Å². The molecule has 0 amide bonds. The Bertz CT molecular complexity index is 845. The Balaban J connectivity index is 3.35. The molecule has 0 spiro atoms. The first-order chi connectivity index (χ1) is 18.7. The van der Waals surface area contributed by atoms with Gasteiger partial charge >= 0.3 is 11.9 Å². The summed E-state index contributed by atoms with van der Waals surface area (Å²) in [5.41, 5.74) is 0. The smallest absolute Gasteiger partial charge is 0.320 e. The number of hydrogen-bond donors (Lipinski definition) is 2. The molecule has 0 aromatic rings. The molecule has 40 heavy (non-hydrogen) atoms. The van der Waals surface area contributed by atoms with E-state index in [-0.39, 0.29) is 82.1 Å². The highest BCUT2D eigenvalue weighted by Crippen LogP contribution is 2.15. The summed E-state index contributed by atoms with van der Waals surface area (Å²) >= 11 is 0. The molecule has 228 valence electrons. The molecule has 1 saturated heterocycles. The maximum Gasteiger partial charge on any atom is 0.320 e. The molecule has 1 heterocycles. The molecular formula is C27H45N4O9-. The summed E-state index contributed by atoms with van der Waals surface area (Å²) < 4.78 is 0. The molecule has 1 aliphatic rings. The molecule has 1 aliphatic heterocycles. The Hall–Kier alpha value is -2.74. The zero-order chi connectivity index (χ0) is 30.4. The number of ketones is 3. The molecule has 1 fully saturated rings. The minimum Gasteiger partial charge on any atom is -0.548 e. The quantitative estimate of drug-likeness (QED) is 0.245. The molecule has 0 radical (unpaired) electrons. The van der Waals surface area contributed by atoms with Crippen LogP contribution >= 0.6 is 0 Å². The van der Waals surface area contributed by atoms with Gasteiger partial charge in [0.2, 0.25) is 0 Å². The molecule has 2 N–H and O–H groups in total. The second kappa shape index (κ2) is 17.8. The number of likely N-dealkylation sites (N-methyl/N-ethyl adjacent to an activating group) is 1. The van der Waals surface area contributed by atoms with Crippen LogP contribution in [0.2, 0.25) is 0 Å². The van der Waals surface area contributed by atoms with E-state index < -0.39 is 36.0 Å². The van der Waals surface area contributed by atoms with E-state index in [4.69, 9.17) is 0 Å². The van der Waals surface area contributed by atoms with E-state index in [2.05, 4.69) is 0 Å². The lowest BCUT2D eigenvalue weighted by Crippen LogP contribution is -2.56. The molecule has 1 rings (SSSR count). The van der Waals surface area contributed by atoms with E-state index in [0.29, 0.717) is 26.2 Å². The molecule has 3 unspecified atom stereocenters. The first kappa shape index (κ1) is 35.3. The number of carboxylic acid groups (broad SMARTS) is 3. The van der Waals surface area contributed by atoms with Crippen LogP contribution in [0.3, 0.4) is 0 Å². The molecule has 0 aliphatic carbocycles. The van der Waals surface area contributed by atoms with Crippen molar-refractivity contribution in [3.63, 3.8) is 0 Å². The molecule has 0 saturated carbocycles. The Morgan fingerprint density at radius 1 is 0.575 bits per heavy atom. The normalized spacial score (nSPS) is 19.5. The van der Waals surface area contributed by atoms with Gasteiger partial charge in [0, 0.05) is 77.7 Å². The van der Waals surface area contributed by atoms with Crippen LogP contribution in [0.4, 0.5) is 0 Å². The van der Waals surface area contributed by atoms with Crippen molar-refractivity contribution in [1.82, 2.24) is 19.6 Å². The maximum absolute atomic E-state index is 12.3. The summed E-state index contributed by atoms with van der Waals surface area (Å²) in [5.74, 6) is -3.94. The summed E-state index contributed by atoms with van der Waals surface area (Å²) in [6, 6.07) is -3.02. The summed E-state index contributed by atoms with van der Waals surface area (Å²) in [7, 11) is 1.84. The van der Waals surface area contributed by atoms with E-state index in [0.717, 1.165) is 0 Å². The lowest BCUT2D eigenvalue weighted by molar-refractivity contribution is -0.312. The fraction of sp³-hybridized carbons (Fsp3) is 0.778. The average molecular weight is 570 g/mol. The Morgan fingerprint density at radius 3 is 1.12 bits per heavy atom. The van der Waals surface area contributed by atoms with Crippen molar-refractivity contribution in [1.29, 1.82) is 0 Å². The number of aliphatic carboxylic acids is 3. The third-order valence-corrected chi connectivity index (χ3v) is 7.36. The number of Topliss-reactive ketones (excluding diaryl/α,β-unsaturated/α-hetero) is 3. The van der Waals surface area contributed by atoms with Crippen molar-refractivity contribution in [2.24, 2.45) is 0 Å². The number of carbonyl (C=O) groups excluding carboxylic acids is 4. The van der Waals surface area contributed by atoms with Crippen molar-refractivity contribution >= 4 is 35.3 Å². The van der Waals surface area contributed by atoms with Gasteiger partial charge in [0.25, 0.3) is 0 Å². The first-order valence-corrected chi connectivity index (χ1v) is 13.8. The van der Waals surface area contributed by atoms with Crippen molar-refractivity contribution < 1.29 is 44.1 Å². The van der Waals surface area contributed by atoms with Gasteiger partial charge in [-0.1, -0.05) is 0 Å². The van der Waals surface area contributed by atoms with Gasteiger partial charge in [-0.3, -0.25) is 24.3 Å². The van der Waals surface area contributed by atoms with Crippen molar-refractivity contribution in [3.05, 3.63) is 0 Å². The largest absolute Gasteiger partial charge is 0.548 e. The second-order valence-corrected chi connectivity index (χ2v) is 10.7. The highest BCUT2D eigenvalue weighted by molar-refractivity contribution is 5.79. The van der Waals surface area contributed by atoms with Crippen LogP contribution in [0, 0.1) is 0 Å². The van der Waals surface area contributed by atoms with E-state index in [1.807, 2.05) is 11.9 Å². The predicted molar refractivity (Wildman–Crippen MR) is 144 cm³/mol. The van der Waals surface area contributed by atoms with E-state index in [9.17, 15) is 44.1 Å². The molecule has 0 aromatic carbocycles. The van der Waals surface area contributed by atoms with Crippen LogP contribution in [0.1, 0.15) is 59.3 Å². The van der Waals surface area contributed by atoms with Crippen molar-refractivity contribution in [2.75, 3.05) is 59.4 Å². The SMILES string of the molecule is CC(=O)CCC(C(=O)[O-])N1CCN(C)CCN(C(CCC(C)=O)C(=O)O)CCN(C(CCC(C)=O)C(=O)O)CC1. The number of nitrogens with zero attached hydrogens (tertiary/aromatic N) is 4. The monoisotopic (exact) mass is 569 g/mol. The third-order valence-electron chi connectivity index (χ3n) is 7.36. The average Bonchev–Trinajstić information content (AvgIpc) is 2.83. The summed E-state index contributed by atoms with van der Waals surface area (Å²) in [6.07, 6.45) is 0.452. The minimum atomic E-state index is -1.31. The van der Waals surface area contributed by atoms with Crippen LogP contribution in [0.15, 0.2) is 0 Å². The third kappa shape index (κ3) is 13.1. The maximum atomic E-state index is 12.3. The van der Waals surface area contributed by atoms with Gasteiger partial charge in [0.05, 0.1) is 5.97 Å². The lowest BCUT2D eigenvalue weighted by Gasteiger charge is -2.39. The minimum absolute atomic E-state index is 0.0440. The molecule has 0 aromatic heterocycles. The van der Waals surface area contributed by atoms with E-state index >= 15 is 0 Å². The van der Waals surface area contributed by atoms with Crippen LogP contribution < -0.4 is 5.11 Å². The van der Waals surface area contributed by atoms with Crippen LogP contribution in [0.25, 0.3) is 0 Å². The Morgan fingerprint density at radius 2 is 0.850 bits per heavy atom. The number of hydrogen-bond acceptors (Lipinski definition) is 11. The fourth-order valence-electron chi connectivity index (χ4n) is 4.89. The Kier molecular flexibility index (Phi) is 15.7. The zero-order valence-electron chi connectivity index (χ0n) is 24.2. The number of rotatable bonds is 15.